The van der Waals surface area contributed by atoms with E-state index in [2.05, 4.69) is 15.4 Å². The minimum atomic E-state index is -0.491. The van der Waals surface area contributed by atoms with Crippen LogP contribution in [0.5, 0.6) is 11.5 Å². The molecule has 0 aliphatic rings. The molecule has 0 spiro atoms. The van der Waals surface area contributed by atoms with E-state index in [0.29, 0.717) is 34.0 Å². The van der Waals surface area contributed by atoms with Gasteiger partial charge in [-0.05, 0) is 54.6 Å². The van der Waals surface area contributed by atoms with E-state index in [-0.39, 0.29) is 18.4 Å². The Morgan fingerprint density at radius 2 is 1.56 bits per heavy atom. The van der Waals surface area contributed by atoms with Crippen molar-refractivity contribution in [2.75, 3.05) is 31.5 Å². The molecule has 3 rings (SSSR count). The molecule has 8 heteroatoms. The third-order valence-electron chi connectivity index (χ3n) is 4.41. The standard InChI is InChI=1S/C24H22N2O6/c1-30-21-9-4-3-8-20(21)26-23(28)16-10-12-18(13-11-16)25-22(27)15-32-19-7-5-6-17(14-19)24(29)31-2/h3-14H,15H2,1-2H3,(H,25,27)(H,26,28). The minimum absolute atomic E-state index is 0.249. The molecule has 32 heavy (non-hydrogen) atoms. The van der Waals surface area contributed by atoms with Crippen molar-refractivity contribution in [1.82, 2.24) is 0 Å². The second kappa shape index (κ2) is 10.6. The first kappa shape index (κ1) is 22.4. The first-order valence-corrected chi connectivity index (χ1v) is 9.65. The Kier molecular flexibility index (Phi) is 7.42. The molecule has 0 aliphatic carbocycles. The molecule has 2 amide bonds. The van der Waals surface area contributed by atoms with Crippen molar-refractivity contribution in [1.29, 1.82) is 0 Å². The maximum absolute atomic E-state index is 12.5. The zero-order chi connectivity index (χ0) is 22.9. The van der Waals surface area contributed by atoms with E-state index >= 15 is 0 Å². The summed E-state index contributed by atoms with van der Waals surface area (Å²) in [6.07, 6.45) is 0. The average molecular weight is 434 g/mol. The van der Waals surface area contributed by atoms with Crippen LogP contribution in [0.1, 0.15) is 20.7 Å². The number of para-hydroxylation sites is 2. The number of anilines is 2. The van der Waals surface area contributed by atoms with Crippen LogP contribution in [0.15, 0.2) is 72.8 Å². The Hall–Kier alpha value is -4.33. The Balaban J connectivity index is 1.54. The van der Waals surface area contributed by atoms with Crippen molar-refractivity contribution >= 4 is 29.2 Å². The lowest BCUT2D eigenvalue weighted by Gasteiger charge is -2.11. The van der Waals surface area contributed by atoms with Crippen molar-refractivity contribution < 1.29 is 28.6 Å². The van der Waals surface area contributed by atoms with Gasteiger partial charge in [0, 0.05) is 11.3 Å². The van der Waals surface area contributed by atoms with E-state index in [1.807, 2.05) is 6.07 Å². The second-order valence-electron chi connectivity index (χ2n) is 6.59. The lowest BCUT2D eigenvalue weighted by Crippen LogP contribution is -2.20. The second-order valence-corrected chi connectivity index (χ2v) is 6.59. The first-order chi connectivity index (χ1) is 15.5. The summed E-state index contributed by atoms with van der Waals surface area (Å²) in [5.74, 6) is -0.260. The zero-order valence-electron chi connectivity index (χ0n) is 17.6. The normalized spacial score (nSPS) is 10.1. The third kappa shape index (κ3) is 5.85. The molecular weight excluding hydrogens is 412 g/mol. The SMILES string of the molecule is COC(=O)c1cccc(OCC(=O)Nc2ccc(C(=O)Nc3ccccc3OC)cc2)c1. The van der Waals surface area contributed by atoms with Crippen LogP contribution in [-0.4, -0.2) is 38.6 Å². The quantitative estimate of drug-likeness (QED) is 0.524. The smallest absolute Gasteiger partial charge is 0.337 e. The van der Waals surface area contributed by atoms with Gasteiger partial charge >= 0.3 is 5.97 Å². The van der Waals surface area contributed by atoms with Crippen LogP contribution in [0.25, 0.3) is 0 Å². The van der Waals surface area contributed by atoms with Gasteiger partial charge < -0.3 is 24.8 Å². The van der Waals surface area contributed by atoms with Gasteiger partial charge in [0.2, 0.25) is 0 Å². The summed E-state index contributed by atoms with van der Waals surface area (Å²) >= 11 is 0. The maximum Gasteiger partial charge on any atom is 0.337 e. The first-order valence-electron chi connectivity index (χ1n) is 9.65. The molecule has 0 unspecified atom stereocenters. The Morgan fingerprint density at radius 1 is 0.812 bits per heavy atom. The topological polar surface area (TPSA) is 103 Å². The molecule has 0 saturated heterocycles. The lowest BCUT2D eigenvalue weighted by molar-refractivity contribution is -0.118. The summed E-state index contributed by atoms with van der Waals surface area (Å²) in [5, 5.41) is 5.48. The number of esters is 1. The molecular formula is C24H22N2O6. The Morgan fingerprint density at radius 3 is 2.28 bits per heavy atom. The highest BCUT2D eigenvalue weighted by Gasteiger charge is 2.11. The average Bonchev–Trinajstić information content (AvgIpc) is 2.83. The number of nitrogens with one attached hydrogen (secondary N) is 2. The summed E-state index contributed by atoms with van der Waals surface area (Å²) in [6.45, 7) is -0.249. The molecule has 0 radical (unpaired) electrons. The molecule has 3 aromatic carbocycles. The number of methoxy groups -OCH3 is 2. The summed E-state index contributed by atoms with van der Waals surface area (Å²) in [7, 11) is 2.82. The molecule has 0 bridgehead atoms. The molecule has 8 nitrogen and oxygen atoms in total. The molecule has 0 saturated carbocycles. The molecule has 164 valence electrons. The summed E-state index contributed by atoms with van der Waals surface area (Å²) in [4.78, 5) is 36.2. The summed E-state index contributed by atoms with van der Waals surface area (Å²) in [5.41, 5.74) is 1.82. The van der Waals surface area contributed by atoms with Gasteiger partial charge in [-0.15, -0.1) is 0 Å². The van der Waals surface area contributed by atoms with Crippen LogP contribution >= 0.6 is 0 Å². The molecule has 0 heterocycles. The van der Waals surface area contributed by atoms with Crippen molar-refractivity contribution in [3.8, 4) is 11.5 Å². The number of hydrogen-bond acceptors (Lipinski definition) is 6. The highest BCUT2D eigenvalue weighted by atomic mass is 16.5. The highest BCUT2D eigenvalue weighted by Crippen LogP contribution is 2.24. The van der Waals surface area contributed by atoms with Crippen molar-refractivity contribution in [2.45, 2.75) is 0 Å². The van der Waals surface area contributed by atoms with Gasteiger partial charge in [-0.2, -0.15) is 0 Å². The van der Waals surface area contributed by atoms with Crippen molar-refractivity contribution in [3.63, 3.8) is 0 Å². The largest absolute Gasteiger partial charge is 0.495 e. The number of carbonyl (C=O) groups excluding carboxylic acids is 3. The van der Waals surface area contributed by atoms with Crippen LogP contribution < -0.4 is 20.1 Å². The minimum Gasteiger partial charge on any atom is -0.495 e. The molecule has 0 aromatic heterocycles. The lowest BCUT2D eigenvalue weighted by atomic mass is 10.2. The van der Waals surface area contributed by atoms with Gasteiger partial charge in [-0.3, -0.25) is 9.59 Å². The maximum atomic E-state index is 12.5. The molecule has 0 aliphatic heterocycles. The van der Waals surface area contributed by atoms with Crippen molar-refractivity contribution in [3.05, 3.63) is 83.9 Å². The van der Waals surface area contributed by atoms with Crippen molar-refractivity contribution in [2.24, 2.45) is 0 Å². The van der Waals surface area contributed by atoms with E-state index in [1.54, 1.807) is 60.7 Å². The zero-order valence-corrected chi connectivity index (χ0v) is 17.6. The predicted octanol–water partition coefficient (Wildman–Crippen LogP) is 3.75. The van der Waals surface area contributed by atoms with E-state index in [9.17, 15) is 14.4 Å². The van der Waals surface area contributed by atoms with Crippen LogP contribution in [0.3, 0.4) is 0 Å². The predicted molar refractivity (Wildman–Crippen MR) is 119 cm³/mol. The summed E-state index contributed by atoms with van der Waals surface area (Å²) < 4.78 is 15.3. The Labute approximate surface area is 185 Å². The van der Waals surface area contributed by atoms with Crippen LogP contribution in [-0.2, 0) is 9.53 Å². The van der Waals surface area contributed by atoms with Gasteiger partial charge in [-0.25, -0.2) is 4.79 Å². The number of carbonyl (C=O) groups is 3. The fraction of sp³-hybridized carbons (Fsp3) is 0.125. The fourth-order valence-electron chi connectivity index (χ4n) is 2.82. The third-order valence-corrected chi connectivity index (χ3v) is 4.41. The van der Waals surface area contributed by atoms with Gasteiger partial charge in [0.15, 0.2) is 6.61 Å². The molecule has 0 atom stereocenters. The van der Waals surface area contributed by atoms with E-state index < -0.39 is 5.97 Å². The fourth-order valence-corrected chi connectivity index (χ4v) is 2.82. The van der Waals surface area contributed by atoms with Crippen LogP contribution in [0.2, 0.25) is 0 Å². The summed E-state index contributed by atoms with van der Waals surface area (Å²) in [6, 6.07) is 19.9. The molecule has 0 fully saturated rings. The Bertz CT molecular complexity index is 1110. The number of rotatable bonds is 8. The van der Waals surface area contributed by atoms with Gasteiger partial charge in [0.25, 0.3) is 11.8 Å². The van der Waals surface area contributed by atoms with Gasteiger partial charge in [-0.1, -0.05) is 18.2 Å². The van der Waals surface area contributed by atoms with E-state index in [4.69, 9.17) is 9.47 Å². The molecule has 2 N–H and O–H groups in total. The van der Waals surface area contributed by atoms with Crippen LogP contribution in [0, 0.1) is 0 Å². The van der Waals surface area contributed by atoms with Crippen LogP contribution in [0.4, 0.5) is 11.4 Å². The number of ether oxygens (including phenoxy) is 3. The number of hydrogen-bond donors (Lipinski definition) is 2. The monoisotopic (exact) mass is 434 g/mol. The molecule has 3 aromatic rings. The van der Waals surface area contributed by atoms with Gasteiger partial charge in [0.1, 0.15) is 11.5 Å². The van der Waals surface area contributed by atoms with Gasteiger partial charge in [0.05, 0.1) is 25.5 Å². The number of amides is 2. The van der Waals surface area contributed by atoms with E-state index in [0.717, 1.165) is 0 Å². The highest BCUT2D eigenvalue weighted by molar-refractivity contribution is 6.05. The van der Waals surface area contributed by atoms with E-state index in [1.165, 1.54) is 20.3 Å². The number of benzene rings is 3.